The monoisotopic (exact) mass is 292 g/mol. The van der Waals surface area contributed by atoms with Crippen molar-refractivity contribution in [1.82, 2.24) is 0 Å². The molecule has 0 aliphatic carbocycles. The SMILES string of the molecule is COc1ccc(COCC(C)C)cc1S(=O)(=O)Cl. The molecule has 0 amide bonds. The molecule has 6 heteroatoms. The molecule has 0 saturated carbocycles. The maximum atomic E-state index is 11.4. The van der Waals surface area contributed by atoms with Gasteiger partial charge in [0.05, 0.1) is 13.7 Å². The molecule has 0 fully saturated rings. The van der Waals surface area contributed by atoms with Crippen molar-refractivity contribution in [3.8, 4) is 5.75 Å². The molecule has 0 bridgehead atoms. The first-order chi connectivity index (χ1) is 8.34. The molecule has 1 aromatic rings. The molecule has 0 heterocycles. The quantitative estimate of drug-likeness (QED) is 0.757. The minimum absolute atomic E-state index is 0.0303. The average Bonchev–Trinajstić information content (AvgIpc) is 2.27. The van der Waals surface area contributed by atoms with Crippen LogP contribution >= 0.6 is 10.7 Å². The average molecular weight is 293 g/mol. The number of methoxy groups -OCH3 is 1. The van der Waals surface area contributed by atoms with Crippen molar-refractivity contribution in [2.24, 2.45) is 5.92 Å². The Balaban J connectivity index is 2.90. The number of halogens is 1. The third-order valence-electron chi connectivity index (χ3n) is 2.21. The molecule has 1 rings (SSSR count). The summed E-state index contributed by atoms with van der Waals surface area (Å²) in [5, 5.41) is 0. The Hall–Kier alpha value is -0.780. The van der Waals surface area contributed by atoms with Gasteiger partial charge >= 0.3 is 0 Å². The summed E-state index contributed by atoms with van der Waals surface area (Å²) in [5.41, 5.74) is 0.746. The molecule has 18 heavy (non-hydrogen) atoms. The van der Waals surface area contributed by atoms with Crippen LogP contribution in [0.25, 0.3) is 0 Å². The third-order valence-corrected chi connectivity index (χ3v) is 3.55. The second-order valence-corrected chi connectivity index (χ2v) is 6.87. The van der Waals surface area contributed by atoms with Crippen molar-refractivity contribution in [2.75, 3.05) is 13.7 Å². The van der Waals surface area contributed by atoms with Crippen LogP contribution in [0.4, 0.5) is 0 Å². The minimum atomic E-state index is -3.82. The van der Waals surface area contributed by atoms with Gasteiger partial charge in [0.1, 0.15) is 10.6 Å². The summed E-state index contributed by atoms with van der Waals surface area (Å²) in [6.07, 6.45) is 0. The number of hydrogen-bond donors (Lipinski definition) is 0. The van der Waals surface area contributed by atoms with E-state index in [1.807, 2.05) is 13.8 Å². The Bertz CT molecular complexity index is 497. The molecule has 0 N–H and O–H groups in total. The van der Waals surface area contributed by atoms with Gasteiger partial charge in [-0.2, -0.15) is 0 Å². The van der Waals surface area contributed by atoms with Crippen molar-refractivity contribution in [2.45, 2.75) is 25.3 Å². The van der Waals surface area contributed by atoms with Gasteiger partial charge in [-0.25, -0.2) is 8.42 Å². The van der Waals surface area contributed by atoms with Crippen molar-refractivity contribution in [1.29, 1.82) is 0 Å². The molecular weight excluding hydrogens is 276 g/mol. The second-order valence-electron chi connectivity index (χ2n) is 4.33. The van der Waals surface area contributed by atoms with Gasteiger partial charge in [-0.15, -0.1) is 0 Å². The molecule has 0 aliphatic rings. The van der Waals surface area contributed by atoms with Gasteiger partial charge in [-0.3, -0.25) is 0 Å². The number of hydrogen-bond acceptors (Lipinski definition) is 4. The Morgan fingerprint density at radius 3 is 2.50 bits per heavy atom. The fourth-order valence-electron chi connectivity index (χ4n) is 1.41. The van der Waals surface area contributed by atoms with Crippen LogP contribution < -0.4 is 4.74 Å². The molecule has 0 unspecified atom stereocenters. The maximum Gasteiger partial charge on any atom is 0.264 e. The first-order valence-corrected chi connectivity index (χ1v) is 7.85. The highest BCUT2D eigenvalue weighted by molar-refractivity contribution is 8.13. The Kier molecular flexibility index (Phi) is 5.44. The lowest BCUT2D eigenvalue weighted by atomic mass is 10.2. The fourth-order valence-corrected chi connectivity index (χ4v) is 2.46. The zero-order chi connectivity index (χ0) is 13.8. The molecule has 0 aliphatic heterocycles. The first kappa shape index (κ1) is 15.3. The van der Waals surface area contributed by atoms with Crippen LogP contribution in [0.1, 0.15) is 19.4 Å². The lowest BCUT2D eigenvalue weighted by molar-refractivity contribution is 0.0969. The van der Waals surface area contributed by atoms with E-state index in [1.54, 1.807) is 12.1 Å². The van der Waals surface area contributed by atoms with Crippen LogP contribution in [0.15, 0.2) is 23.1 Å². The molecule has 0 atom stereocenters. The smallest absolute Gasteiger partial charge is 0.264 e. The summed E-state index contributed by atoms with van der Waals surface area (Å²) >= 11 is 0. The molecule has 0 spiro atoms. The zero-order valence-electron chi connectivity index (χ0n) is 10.6. The standard InChI is InChI=1S/C12H17ClO4S/c1-9(2)7-17-8-10-4-5-11(16-3)12(6-10)18(13,14)15/h4-6,9H,7-8H2,1-3H3. The summed E-state index contributed by atoms with van der Waals surface area (Å²) in [4.78, 5) is -0.0303. The number of rotatable bonds is 6. The van der Waals surface area contributed by atoms with Gasteiger partial charge in [0, 0.05) is 17.3 Å². The van der Waals surface area contributed by atoms with E-state index in [0.717, 1.165) is 5.56 Å². The number of benzene rings is 1. The van der Waals surface area contributed by atoms with E-state index in [4.69, 9.17) is 20.2 Å². The van der Waals surface area contributed by atoms with E-state index in [1.165, 1.54) is 13.2 Å². The van der Waals surface area contributed by atoms with Crippen molar-refractivity contribution in [3.05, 3.63) is 23.8 Å². The van der Waals surface area contributed by atoms with Gasteiger partial charge in [0.2, 0.25) is 0 Å². The van der Waals surface area contributed by atoms with E-state index >= 15 is 0 Å². The van der Waals surface area contributed by atoms with Gasteiger partial charge in [-0.05, 0) is 23.6 Å². The van der Waals surface area contributed by atoms with E-state index in [0.29, 0.717) is 19.1 Å². The minimum Gasteiger partial charge on any atom is -0.495 e. The summed E-state index contributed by atoms with van der Waals surface area (Å²) in [7, 11) is 2.93. The van der Waals surface area contributed by atoms with Crippen LogP contribution in [0.2, 0.25) is 0 Å². The van der Waals surface area contributed by atoms with Crippen LogP contribution in [-0.4, -0.2) is 22.1 Å². The van der Waals surface area contributed by atoms with Crippen molar-refractivity contribution >= 4 is 19.7 Å². The summed E-state index contributed by atoms with van der Waals surface area (Å²) in [5.74, 6) is 0.664. The summed E-state index contributed by atoms with van der Waals surface area (Å²) in [6.45, 7) is 5.06. The normalized spacial score (nSPS) is 11.8. The molecule has 1 aromatic carbocycles. The van der Waals surface area contributed by atoms with Gasteiger partial charge in [0.15, 0.2) is 0 Å². The molecule has 0 radical (unpaired) electrons. The highest BCUT2D eigenvalue weighted by Crippen LogP contribution is 2.28. The summed E-state index contributed by atoms with van der Waals surface area (Å²) in [6, 6.07) is 4.80. The predicted octanol–water partition coefficient (Wildman–Crippen LogP) is 2.80. The number of ether oxygens (including phenoxy) is 2. The zero-order valence-corrected chi connectivity index (χ0v) is 12.2. The van der Waals surface area contributed by atoms with E-state index < -0.39 is 9.05 Å². The van der Waals surface area contributed by atoms with Crippen LogP contribution in [0, 0.1) is 5.92 Å². The van der Waals surface area contributed by atoms with Crippen molar-refractivity contribution in [3.63, 3.8) is 0 Å². The predicted molar refractivity (Wildman–Crippen MR) is 70.5 cm³/mol. The maximum absolute atomic E-state index is 11.4. The molecule has 0 saturated heterocycles. The second kappa shape index (κ2) is 6.41. The Morgan fingerprint density at radius 1 is 1.33 bits per heavy atom. The van der Waals surface area contributed by atoms with Crippen LogP contribution in [-0.2, 0) is 20.4 Å². The van der Waals surface area contributed by atoms with E-state index in [9.17, 15) is 8.42 Å². The first-order valence-electron chi connectivity index (χ1n) is 5.54. The molecule has 0 aromatic heterocycles. The third kappa shape index (κ3) is 4.48. The van der Waals surface area contributed by atoms with Gasteiger partial charge in [-0.1, -0.05) is 19.9 Å². The van der Waals surface area contributed by atoms with E-state index in [2.05, 4.69) is 0 Å². The van der Waals surface area contributed by atoms with E-state index in [-0.39, 0.29) is 10.6 Å². The topological polar surface area (TPSA) is 52.6 Å². The molecule has 4 nitrogen and oxygen atoms in total. The fraction of sp³-hybridized carbons (Fsp3) is 0.500. The van der Waals surface area contributed by atoms with Crippen molar-refractivity contribution < 1.29 is 17.9 Å². The molecular formula is C12H17ClO4S. The van der Waals surface area contributed by atoms with Gasteiger partial charge < -0.3 is 9.47 Å². The highest BCUT2D eigenvalue weighted by Gasteiger charge is 2.17. The van der Waals surface area contributed by atoms with Crippen LogP contribution in [0.3, 0.4) is 0 Å². The van der Waals surface area contributed by atoms with Gasteiger partial charge in [0.25, 0.3) is 9.05 Å². The lowest BCUT2D eigenvalue weighted by Crippen LogP contribution is -2.03. The Morgan fingerprint density at radius 2 is 2.00 bits per heavy atom. The Labute approximate surface area is 112 Å². The van der Waals surface area contributed by atoms with Crippen LogP contribution in [0.5, 0.6) is 5.75 Å². The lowest BCUT2D eigenvalue weighted by Gasteiger charge is -2.10. The highest BCUT2D eigenvalue weighted by atomic mass is 35.7. The summed E-state index contributed by atoms with van der Waals surface area (Å²) < 4.78 is 33.2. The largest absolute Gasteiger partial charge is 0.495 e. The molecule has 102 valence electrons.